The summed E-state index contributed by atoms with van der Waals surface area (Å²) in [6, 6.07) is 43.6. The summed E-state index contributed by atoms with van der Waals surface area (Å²) in [6.45, 7) is 6.69. The average molecular weight is 587 g/mol. The quantitative estimate of drug-likeness (QED) is 0.135. The summed E-state index contributed by atoms with van der Waals surface area (Å²) in [5, 5.41) is 0.718. The Hall–Kier alpha value is -4.01. The zero-order valence-electron chi connectivity index (χ0n) is 25.8. The zero-order valence-corrected chi connectivity index (χ0v) is 26.5. The highest BCUT2D eigenvalue weighted by Crippen LogP contribution is 2.47. The second-order valence-corrected chi connectivity index (χ2v) is 11.6. The van der Waals surface area contributed by atoms with Crippen LogP contribution in [0.5, 0.6) is 0 Å². The summed E-state index contributed by atoms with van der Waals surface area (Å²) in [4.78, 5) is 4.59. The van der Waals surface area contributed by atoms with E-state index in [-0.39, 0.29) is 0 Å². The van der Waals surface area contributed by atoms with E-state index < -0.39 is 0 Å². The Bertz CT molecular complexity index is 1450. The maximum absolute atomic E-state index is 7.54. The number of hydrogen-bond acceptors (Lipinski definition) is 2. The van der Waals surface area contributed by atoms with Gasteiger partial charge in [-0.2, -0.15) is 0 Å². The van der Waals surface area contributed by atoms with Crippen LogP contribution in [0.4, 0.5) is 34.1 Å². The lowest BCUT2D eigenvalue weighted by molar-refractivity contribution is 0.795. The van der Waals surface area contributed by atoms with E-state index in [1.54, 1.807) is 0 Å². The van der Waals surface area contributed by atoms with Crippen molar-refractivity contribution in [3.8, 4) is 0 Å². The molecule has 0 aliphatic rings. The van der Waals surface area contributed by atoms with E-state index in [0.29, 0.717) is 0 Å². The number of aryl methyl sites for hydroxylation is 3. The molecule has 5 rings (SSSR count). The third-order valence-corrected chi connectivity index (χ3v) is 8.43. The molecule has 0 saturated heterocycles. The summed E-state index contributed by atoms with van der Waals surface area (Å²) in [5.74, 6) is 0. The SMILES string of the molecule is CCCCc1ccc(N(c2ccccc2)c2cc(CC)cc(N(c3ccccc3)c3ccc(CCCC)cc3)c2Cl)cc1. The fourth-order valence-electron chi connectivity index (χ4n) is 5.57. The van der Waals surface area contributed by atoms with E-state index in [4.69, 9.17) is 11.6 Å². The maximum Gasteiger partial charge on any atom is 0.0887 e. The van der Waals surface area contributed by atoms with Crippen LogP contribution in [0.1, 0.15) is 63.1 Å². The molecule has 0 radical (unpaired) electrons. The van der Waals surface area contributed by atoms with Gasteiger partial charge in [-0.05, 0) is 109 Å². The fraction of sp³-hybridized carbons (Fsp3) is 0.250. The molecule has 0 saturated carbocycles. The number of nitrogens with zero attached hydrogens (tertiary/aromatic N) is 2. The molecular formula is C40H43ClN2. The molecule has 0 unspecified atom stereocenters. The summed E-state index contributed by atoms with van der Waals surface area (Å²) in [5.41, 5.74) is 10.3. The lowest BCUT2D eigenvalue weighted by Crippen LogP contribution is -2.15. The maximum atomic E-state index is 7.54. The summed E-state index contributed by atoms with van der Waals surface area (Å²) in [7, 11) is 0. The van der Waals surface area contributed by atoms with Crippen molar-refractivity contribution in [2.75, 3.05) is 9.80 Å². The fourth-order valence-corrected chi connectivity index (χ4v) is 5.85. The van der Waals surface area contributed by atoms with Gasteiger partial charge in [0.1, 0.15) is 0 Å². The molecule has 0 heterocycles. The molecule has 0 aliphatic heterocycles. The Labute approximate surface area is 263 Å². The van der Waals surface area contributed by atoms with Gasteiger partial charge in [-0.1, -0.05) is 106 Å². The van der Waals surface area contributed by atoms with Gasteiger partial charge in [0.15, 0.2) is 0 Å². The largest absolute Gasteiger partial charge is 0.309 e. The van der Waals surface area contributed by atoms with Crippen LogP contribution >= 0.6 is 11.6 Å². The van der Waals surface area contributed by atoms with Crippen molar-refractivity contribution in [2.45, 2.75) is 65.7 Å². The van der Waals surface area contributed by atoms with Crippen LogP contribution < -0.4 is 9.80 Å². The molecule has 0 bridgehead atoms. The van der Waals surface area contributed by atoms with Gasteiger partial charge >= 0.3 is 0 Å². The molecule has 5 aromatic rings. The molecule has 43 heavy (non-hydrogen) atoms. The minimum atomic E-state index is 0.718. The number of hydrogen-bond donors (Lipinski definition) is 0. The highest BCUT2D eigenvalue weighted by molar-refractivity contribution is 6.36. The monoisotopic (exact) mass is 586 g/mol. The van der Waals surface area contributed by atoms with Crippen LogP contribution in [-0.2, 0) is 19.3 Å². The number of rotatable bonds is 13. The van der Waals surface area contributed by atoms with E-state index in [9.17, 15) is 0 Å². The summed E-state index contributed by atoms with van der Waals surface area (Å²) >= 11 is 7.54. The first-order chi connectivity index (χ1) is 21.1. The van der Waals surface area contributed by atoms with Crippen molar-refractivity contribution in [1.82, 2.24) is 0 Å². The molecular weight excluding hydrogens is 544 g/mol. The predicted molar refractivity (Wildman–Crippen MR) is 187 cm³/mol. The van der Waals surface area contributed by atoms with Crippen molar-refractivity contribution in [1.29, 1.82) is 0 Å². The van der Waals surface area contributed by atoms with Crippen LogP contribution in [0.25, 0.3) is 0 Å². The number of benzene rings is 5. The minimum Gasteiger partial charge on any atom is -0.309 e. The molecule has 5 aromatic carbocycles. The lowest BCUT2D eigenvalue weighted by atomic mass is 10.0. The van der Waals surface area contributed by atoms with Gasteiger partial charge in [0.2, 0.25) is 0 Å². The van der Waals surface area contributed by atoms with Crippen molar-refractivity contribution in [3.63, 3.8) is 0 Å². The van der Waals surface area contributed by atoms with E-state index in [1.165, 1.54) is 42.4 Å². The Balaban J connectivity index is 1.67. The predicted octanol–water partition coefficient (Wildman–Crippen LogP) is 12.5. The Morgan fingerprint density at radius 1 is 0.465 bits per heavy atom. The number of halogens is 1. The van der Waals surface area contributed by atoms with Gasteiger partial charge < -0.3 is 9.80 Å². The van der Waals surface area contributed by atoms with Crippen molar-refractivity contribution >= 4 is 45.7 Å². The first kappa shape index (κ1) is 30.4. The van der Waals surface area contributed by atoms with Gasteiger partial charge in [0, 0.05) is 22.7 Å². The lowest BCUT2D eigenvalue weighted by Gasteiger charge is -2.32. The normalized spacial score (nSPS) is 11.0. The van der Waals surface area contributed by atoms with Crippen molar-refractivity contribution in [2.24, 2.45) is 0 Å². The first-order valence-electron chi connectivity index (χ1n) is 15.8. The van der Waals surface area contributed by atoms with E-state index in [2.05, 4.69) is 152 Å². The molecule has 3 heteroatoms. The van der Waals surface area contributed by atoms with Crippen LogP contribution in [0.15, 0.2) is 121 Å². The van der Waals surface area contributed by atoms with Crippen LogP contribution in [-0.4, -0.2) is 0 Å². The molecule has 0 aromatic heterocycles. The first-order valence-corrected chi connectivity index (χ1v) is 16.2. The second kappa shape index (κ2) is 14.9. The Morgan fingerprint density at radius 3 is 1.19 bits per heavy atom. The molecule has 0 spiro atoms. The van der Waals surface area contributed by atoms with Crippen molar-refractivity contribution in [3.05, 3.63) is 143 Å². The number of para-hydroxylation sites is 2. The third kappa shape index (κ3) is 7.32. The Kier molecular flexibility index (Phi) is 10.6. The molecule has 2 nitrogen and oxygen atoms in total. The summed E-state index contributed by atoms with van der Waals surface area (Å²) < 4.78 is 0. The van der Waals surface area contributed by atoms with Crippen LogP contribution in [0, 0.1) is 0 Å². The van der Waals surface area contributed by atoms with Crippen molar-refractivity contribution < 1.29 is 0 Å². The molecule has 0 fully saturated rings. The van der Waals surface area contributed by atoms with Gasteiger partial charge in [-0.3, -0.25) is 0 Å². The minimum absolute atomic E-state index is 0.718. The van der Waals surface area contributed by atoms with E-state index in [0.717, 1.165) is 58.4 Å². The topological polar surface area (TPSA) is 6.48 Å². The number of anilines is 6. The van der Waals surface area contributed by atoms with Gasteiger partial charge in [-0.15, -0.1) is 0 Å². The third-order valence-electron chi connectivity index (χ3n) is 8.04. The van der Waals surface area contributed by atoms with Crippen LogP contribution in [0.2, 0.25) is 5.02 Å². The highest BCUT2D eigenvalue weighted by Gasteiger charge is 2.23. The summed E-state index contributed by atoms with van der Waals surface area (Å²) in [6.07, 6.45) is 7.88. The Morgan fingerprint density at radius 2 is 0.837 bits per heavy atom. The zero-order chi connectivity index (χ0) is 30.0. The van der Waals surface area contributed by atoms with Gasteiger partial charge in [-0.25, -0.2) is 0 Å². The van der Waals surface area contributed by atoms with E-state index >= 15 is 0 Å². The molecule has 0 atom stereocenters. The second-order valence-electron chi connectivity index (χ2n) is 11.2. The van der Waals surface area contributed by atoms with E-state index in [1.807, 2.05) is 0 Å². The van der Waals surface area contributed by atoms with Gasteiger partial charge in [0.05, 0.1) is 16.4 Å². The molecule has 220 valence electrons. The molecule has 0 aliphatic carbocycles. The van der Waals surface area contributed by atoms with Gasteiger partial charge in [0.25, 0.3) is 0 Å². The average Bonchev–Trinajstić information content (AvgIpc) is 3.06. The smallest absolute Gasteiger partial charge is 0.0887 e. The standard InChI is InChI=1S/C40H43ClN2/c1-4-7-15-32-21-25-36(26-22-32)42(34-17-11-9-12-18-34)38-29-31(6-3)30-39(40(38)41)43(35-19-13-10-14-20-35)37-27-23-33(24-28-37)16-8-5-2/h9-14,17-30H,4-8,15-16H2,1-3H3. The van der Waals surface area contributed by atoms with Crippen LogP contribution in [0.3, 0.4) is 0 Å². The number of unbranched alkanes of at least 4 members (excludes halogenated alkanes) is 2. The molecule has 0 amide bonds. The highest BCUT2D eigenvalue weighted by atomic mass is 35.5. The molecule has 0 N–H and O–H groups in total.